The van der Waals surface area contributed by atoms with Crippen LogP contribution < -0.4 is 5.32 Å². The van der Waals surface area contributed by atoms with E-state index in [1.165, 1.54) is 13.1 Å². The Kier molecular flexibility index (Phi) is 5.15. The summed E-state index contributed by atoms with van der Waals surface area (Å²) < 4.78 is 23.9. The van der Waals surface area contributed by atoms with Crippen molar-refractivity contribution in [2.24, 2.45) is 0 Å². The van der Waals surface area contributed by atoms with Crippen molar-refractivity contribution >= 4 is 49.0 Å². The molecular formula is C13H11BrClN3O3S. The smallest absolute Gasteiger partial charge is 0.275 e. The Labute approximate surface area is 141 Å². The van der Waals surface area contributed by atoms with Crippen molar-refractivity contribution in [1.82, 2.24) is 9.97 Å². The van der Waals surface area contributed by atoms with E-state index in [-0.39, 0.29) is 16.6 Å². The van der Waals surface area contributed by atoms with Gasteiger partial charge in [-0.3, -0.25) is 4.79 Å². The molecule has 0 unspecified atom stereocenters. The van der Waals surface area contributed by atoms with E-state index >= 15 is 0 Å². The van der Waals surface area contributed by atoms with Gasteiger partial charge in [0.25, 0.3) is 5.91 Å². The standard InChI is InChI=1S/C13H11BrClN3O3S/c1-2-22(20,21)13-16-7-10(14)11(18-13)12(19)17-9-5-3-8(15)4-6-9/h3-7H,2H2,1H3,(H,17,19). The molecular weight excluding hydrogens is 394 g/mol. The first kappa shape index (κ1) is 16.9. The van der Waals surface area contributed by atoms with Crippen molar-refractivity contribution in [3.05, 3.63) is 45.7 Å². The summed E-state index contributed by atoms with van der Waals surface area (Å²) in [6, 6.07) is 6.50. The summed E-state index contributed by atoms with van der Waals surface area (Å²) in [6.45, 7) is 1.48. The maximum atomic E-state index is 12.2. The molecule has 1 aromatic heterocycles. The number of halogens is 2. The normalized spacial score (nSPS) is 11.2. The van der Waals surface area contributed by atoms with Crippen LogP contribution in [0.4, 0.5) is 5.69 Å². The first-order chi connectivity index (χ1) is 10.3. The summed E-state index contributed by atoms with van der Waals surface area (Å²) >= 11 is 8.91. The molecule has 0 saturated carbocycles. The fourth-order valence-electron chi connectivity index (χ4n) is 1.51. The van der Waals surface area contributed by atoms with Crippen LogP contribution in [-0.4, -0.2) is 30.0 Å². The molecule has 0 aliphatic rings. The molecule has 0 bridgehead atoms. The highest BCUT2D eigenvalue weighted by atomic mass is 79.9. The highest BCUT2D eigenvalue weighted by Crippen LogP contribution is 2.19. The summed E-state index contributed by atoms with van der Waals surface area (Å²) in [5.41, 5.74) is 0.455. The predicted octanol–water partition coefficient (Wildman–Crippen LogP) is 2.94. The van der Waals surface area contributed by atoms with Gasteiger partial charge in [0, 0.05) is 16.9 Å². The third kappa shape index (κ3) is 3.82. The van der Waals surface area contributed by atoms with Gasteiger partial charge >= 0.3 is 0 Å². The minimum Gasteiger partial charge on any atom is -0.321 e. The van der Waals surface area contributed by atoms with Crippen molar-refractivity contribution < 1.29 is 13.2 Å². The van der Waals surface area contributed by atoms with Crippen molar-refractivity contribution in [3.8, 4) is 0 Å². The van der Waals surface area contributed by atoms with Gasteiger partial charge in [0.05, 0.1) is 10.2 Å². The van der Waals surface area contributed by atoms with Crippen LogP contribution in [0.25, 0.3) is 0 Å². The predicted molar refractivity (Wildman–Crippen MR) is 86.9 cm³/mol. The molecule has 1 amide bonds. The zero-order valence-electron chi connectivity index (χ0n) is 11.4. The largest absolute Gasteiger partial charge is 0.321 e. The highest BCUT2D eigenvalue weighted by Gasteiger charge is 2.20. The lowest BCUT2D eigenvalue weighted by Gasteiger charge is -2.07. The number of aromatic nitrogens is 2. The Morgan fingerprint density at radius 3 is 2.55 bits per heavy atom. The van der Waals surface area contributed by atoms with Gasteiger partial charge in [0.15, 0.2) is 0 Å². The quantitative estimate of drug-likeness (QED) is 0.791. The van der Waals surface area contributed by atoms with Crippen LogP contribution in [0.3, 0.4) is 0 Å². The zero-order chi connectivity index (χ0) is 16.3. The lowest BCUT2D eigenvalue weighted by molar-refractivity contribution is 0.102. The molecule has 0 spiro atoms. The number of anilines is 1. The molecule has 116 valence electrons. The second-order valence-electron chi connectivity index (χ2n) is 4.21. The van der Waals surface area contributed by atoms with Crippen LogP contribution in [0.1, 0.15) is 17.4 Å². The van der Waals surface area contributed by atoms with Gasteiger partial charge in [-0.1, -0.05) is 18.5 Å². The number of hydrogen-bond donors (Lipinski definition) is 1. The van der Waals surface area contributed by atoms with Gasteiger partial charge < -0.3 is 5.32 Å². The van der Waals surface area contributed by atoms with E-state index in [4.69, 9.17) is 11.6 Å². The Morgan fingerprint density at radius 1 is 1.32 bits per heavy atom. The van der Waals surface area contributed by atoms with E-state index in [9.17, 15) is 13.2 Å². The molecule has 0 aliphatic carbocycles. The molecule has 9 heteroatoms. The Morgan fingerprint density at radius 2 is 1.95 bits per heavy atom. The second kappa shape index (κ2) is 6.72. The molecule has 0 aliphatic heterocycles. The van der Waals surface area contributed by atoms with E-state index in [1.54, 1.807) is 24.3 Å². The van der Waals surface area contributed by atoms with Gasteiger partial charge in [0.2, 0.25) is 15.0 Å². The van der Waals surface area contributed by atoms with E-state index in [2.05, 4.69) is 31.2 Å². The monoisotopic (exact) mass is 403 g/mol. The molecule has 0 fully saturated rings. The van der Waals surface area contributed by atoms with Crippen LogP contribution in [0, 0.1) is 0 Å². The third-order valence-electron chi connectivity index (χ3n) is 2.70. The number of carbonyl (C=O) groups is 1. The van der Waals surface area contributed by atoms with Crippen molar-refractivity contribution in [2.75, 3.05) is 11.1 Å². The average molecular weight is 405 g/mol. The number of hydrogen-bond acceptors (Lipinski definition) is 5. The lowest BCUT2D eigenvalue weighted by atomic mass is 10.3. The topological polar surface area (TPSA) is 89.0 Å². The summed E-state index contributed by atoms with van der Waals surface area (Å²) in [4.78, 5) is 19.8. The number of nitrogens with one attached hydrogen (secondary N) is 1. The molecule has 0 radical (unpaired) electrons. The Bertz CT molecular complexity index is 810. The summed E-state index contributed by atoms with van der Waals surface area (Å²) in [5, 5.41) is 2.77. The fourth-order valence-corrected chi connectivity index (χ4v) is 2.71. The van der Waals surface area contributed by atoms with Gasteiger partial charge in [-0.15, -0.1) is 0 Å². The minimum absolute atomic E-state index is 0.0584. The molecule has 22 heavy (non-hydrogen) atoms. The average Bonchev–Trinajstić information content (AvgIpc) is 2.49. The molecule has 1 N–H and O–H groups in total. The van der Waals surface area contributed by atoms with Crippen molar-refractivity contribution in [2.45, 2.75) is 12.1 Å². The third-order valence-corrected chi connectivity index (χ3v) is 5.04. The van der Waals surface area contributed by atoms with Gasteiger partial charge in [-0.05, 0) is 40.2 Å². The van der Waals surface area contributed by atoms with E-state index in [0.717, 1.165) is 0 Å². The molecule has 6 nitrogen and oxygen atoms in total. The summed E-state index contributed by atoms with van der Waals surface area (Å²) in [6.07, 6.45) is 1.24. The SMILES string of the molecule is CCS(=O)(=O)c1ncc(Br)c(C(=O)Nc2ccc(Cl)cc2)n1. The fraction of sp³-hybridized carbons (Fsp3) is 0.154. The first-order valence-corrected chi connectivity index (χ1v) is 8.98. The maximum Gasteiger partial charge on any atom is 0.275 e. The van der Waals surface area contributed by atoms with Crippen LogP contribution >= 0.6 is 27.5 Å². The molecule has 1 aromatic carbocycles. The maximum absolute atomic E-state index is 12.2. The number of benzene rings is 1. The van der Waals surface area contributed by atoms with Crippen molar-refractivity contribution in [1.29, 1.82) is 0 Å². The van der Waals surface area contributed by atoms with Crippen LogP contribution in [-0.2, 0) is 9.84 Å². The number of carbonyl (C=O) groups excluding carboxylic acids is 1. The van der Waals surface area contributed by atoms with Gasteiger partial charge in [-0.25, -0.2) is 18.4 Å². The number of sulfone groups is 1. The zero-order valence-corrected chi connectivity index (χ0v) is 14.5. The van der Waals surface area contributed by atoms with Gasteiger partial charge in [0.1, 0.15) is 5.69 Å². The van der Waals surface area contributed by atoms with Crippen molar-refractivity contribution in [3.63, 3.8) is 0 Å². The number of nitrogens with zero attached hydrogens (tertiary/aromatic N) is 2. The first-order valence-electron chi connectivity index (χ1n) is 6.15. The molecule has 0 saturated heterocycles. The second-order valence-corrected chi connectivity index (χ2v) is 7.68. The number of rotatable bonds is 4. The van der Waals surface area contributed by atoms with E-state index in [0.29, 0.717) is 15.2 Å². The molecule has 2 aromatic rings. The minimum atomic E-state index is -3.59. The molecule has 2 rings (SSSR count). The summed E-state index contributed by atoms with van der Waals surface area (Å²) in [5.74, 6) is -0.698. The van der Waals surface area contributed by atoms with Crippen LogP contribution in [0.2, 0.25) is 5.02 Å². The molecule has 0 atom stereocenters. The number of amides is 1. The lowest BCUT2D eigenvalue weighted by Crippen LogP contribution is -2.18. The van der Waals surface area contributed by atoms with Crippen LogP contribution in [0.5, 0.6) is 0 Å². The van der Waals surface area contributed by atoms with Crippen LogP contribution in [0.15, 0.2) is 40.1 Å². The summed E-state index contributed by atoms with van der Waals surface area (Å²) in [7, 11) is -3.59. The highest BCUT2D eigenvalue weighted by molar-refractivity contribution is 9.10. The van der Waals surface area contributed by atoms with Gasteiger partial charge in [-0.2, -0.15) is 0 Å². The van der Waals surface area contributed by atoms with E-state index < -0.39 is 15.7 Å². The Balaban J connectivity index is 2.33. The molecule has 1 heterocycles. The Hall–Kier alpha value is -1.51. The van der Waals surface area contributed by atoms with E-state index in [1.807, 2.05) is 0 Å².